The number of aromatic nitrogens is 3. The maximum atomic E-state index is 12.8. The van der Waals surface area contributed by atoms with Gasteiger partial charge in [0.05, 0.1) is 5.52 Å². The molecule has 1 aliphatic heterocycles. The molecular formula is C27H31F3N6O2. The van der Waals surface area contributed by atoms with Crippen LogP contribution in [0.1, 0.15) is 51.6 Å². The summed E-state index contributed by atoms with van der Waals surface area (Å²) in [7, 11) is 1.64. The molecule has 0 saturated carbocycles. The SMILES string of the molecule is [C-]#[N+]c1ccc2c(n1)c(N1C[C@@H](CC)N(C(CC)c3ccc(OC(F)(F)F)cc3)C[C@@H]1CC)nc(=O)n2C. The van der Waals surface area contributed by atoms with Crippen molar-refractivity contribution < 1.29 is 17.9 Å². The van der Waals surface area contributed by atoms with E-state index in [1.165, 1.54) is 16.7 Å². The fourth-order valence-corrected chi connectivity index (χ4v) is 5.34. The molecule has 0 aliphatic carbocycles. The van der Waals surface area contributed by atoms with Gasteiger partial charge in [0.1, 0.15) is 5.75 Å². The quantitative estimate of drug-likeness (QED) is 0.372. The number of pyridine rings is 1. The molecule has 11 heteroatoms. The zero-order chi connectivity index (χ0) is 27.6. The highest BCUT2D eigenvalue weighted by atomic mass is 19.4. The first-order valence-corrected chi connectivity index (χ1v) is 12.7. The number of piperazine rings is 1. The van der Waals surface area contributed by atoms with E-state index >= 15 is 0 Å². The van der Waals surface area contributed by atoms with E-state index in [0.717, 1.165) is 24.8 Å². The van der Waals surface area contributed by atoms with E-state index in [4.69, 9.17) is 6.57 Å². The molecule has 8 nitrogen and oxygen atoms in total. The third kappa shape index (κ3) is 5.45. The van der Waals surface area contributed by atoms with Crippen LogP contribution in [0.15, 0.2) is 41.2 Å². The second-order valence-corrected chi connectivity index (χ2v) is 9.44. The number of benzene rings is 1. The molecule has 3 aromatic rings. The standard InChI is InChI=1S/C27H31F3N6O2/c1-6-18-16-36(25-24-22(34(5)26(37)33-25)13-14-23(31-4)32-24)19(7-2)15-35(18)21(8-3)17-9-11-20(12-10-17)38-27(28,29)30/h9-14,18-19,21H,6-8,15-16H2,1-3,5H3/t18-,19+,21?/m1/s1. The largest absolute Gasteiger partial charge is 0.573 e. The summed E-state index contributed by atoms with van der Waals surface area (Å²) >= 11 is 0. The third-order valence-corrected chi connectivity index (χ3v) is 7.27. The predicted octanol–water partition coefficient (Wildman–Crippen LogP) is 5.61. The van der Waals surface area contributed by atoms with Gasteiger partial charge in [-0.3, -0.25) is 9.47 Å². The van der Waals surface area contributed by atoms with Gasteiger partial charge < -0.3 is 14.5 Å². The molecule has 0 amide bonds. The molecular weight excluding hydrogens is 497 g/mol. The van der Waals surface area contributed by atoms with Crippen molar-refractivity contribution in [3.63, 3.8) is 0 Å². The molecule has 202 valence electrons. The second kappa shape index (κ2) is 11.0. The van der Waals surface area contributed by atoms with Crippen molar-refractivity contribution in [3.05, 3.63) is 63.9 Å². The van der Waals surface area contributed by atoms with E-state index in [2.05, 4.69) is 50.1 Å². The maximum Gasteiger partial charge on any atom is 0.573 e. The molecule has 3 atom stereocenters. The number of fused-ring (bicyclic) bond motifs is 1. The summed E-state index contributed by atoms with van der Waals surface area (Å²) in [6, 6.07) is 9.54. The van der Waals surface area contributed by atoms with Crippen LogP contribution in [0.2, 0.25) is 0 Å². The van der Waals surface area contributed by atoms with E-state index in [0.29, 0.717) is 29.9 Å². The van der Waals surface area contributed by atoms with Crippen molar-refractivity contribution in [1.82, 2.24) is 19.4 Å². The summed E-state index contributed by atoms with van der Waals surface area (Å²) in [6.45, 7) is 14.9. The fourth-order valence-electron chi connectivity index (χ4n) is 5.34. The summed E-state index contributed by atoms with van der Waals surface area (Å²) in [4.78, 5) is 29.7. The molecule has 1 aliphatic rings. The Morgan fingerprint density at radius 2 is 1.74 bits per heavy atom. The number of alkyl halides is 3. The second-order valence-electron chi connectivity index (χ2n) is 9.44. The average Bonchev–Trinajstić information content (AvgIpc) is 2.90. The Morgan fingerprint density at radius 1 is 1.05 bits per heavy atom. The van der Waals surface area contributed by atoms with Gasteiger partial charge in [-0.2, -0.15) is 4.98 Å². The van der Waals surface area contributed by atoms with Crippen LogP contribution < -0.4 is 15.3 Å². The predicted molar refractivity (Wildman–Crippen MR) is 139 cm³/mol. The Morgan fingerprint density at radius 3 is 2.32 bits per heavy atom. The summed E-state index contributed by atoms with van der Waals surface area (Å²) in [5.74, 6) is 0.483. The van der Waals surface area contributed by atoms with Gasteiger partial charge in [0.15, 0.2) is 5.82 Å². The Kier molecular flexibility index (Phi) is 7.92. The van der Waals surface area contributed by atoms with E-state index in [1.807, 2.05) is 0 Å². The van der Waals surface area contributed by atoms with Crippen molar-refractivity contribution in [3.8, 4) is 5.75 Å². The zero-order valence-corrected chi connectivity index (χ0v) is 21.9. The lowest BCUT2D eigenvalue weighted by Gasteiger charge is -2.49. The van der Waals surface area contributed by atoms with Gasteiger partial charge in [-0.25, -0.2) is 4.79 Å². The lowest BCUT2D eigenvalue weighted by molar-refractivity contribution is -0.274. The topological polar surface area (TPSA) is 67.9 Å². The maximum absolute atomic E-state index is 12.8. The first-order chi connectivity index (χ1) is 18.1. The highest BCUT2D eigenvalue weighted by Crippen LogP contribution is 2.36. The Hall–Kier alpha value is -3.65. The minimum absolute atomic E-state index is 0.00345. The fraction of sp³-hybridized carbons (Fsp3) is 0.481. The number of ether oxygens (including phenoxy) is 1. The van der Waals surface area contributed by atoms with Crippen LogP contribution in [0.3, 0.4) is 0 Å². The summed E-state index contributed by atoms with van der Waals surface area (Å²) < 4.78 is 43.3. The number of anilines is 1. The van der Waals surface area contributed by atoms with Crippen molar-refractivity contribution in [2.24, 2.45) is 7.05 Å². The van der Waals surface area contributed by atoms with Gasteiger partial charge in [-0.05, 0) is 49.1 Å². The van der Waals surface area contributed by atoms with Gasteiger partial charge in [0.2, 0.25) is 5.52 Å². The molecule has 0 bridgehead atoms. The van der Waals surface area contributed by atoms with Crippen LogP contribution in [-0.4, -0.2) is 51.0 Å². The normalized spacial score (nSPS) is 19.4. The number of nitrogens with zero attached hydrogens (tertiary/aromatic N) is 6. The summed E-state index contributed by atoms with van der Waals surface area (Å²) in [5.41, 5.74) is 1.67. The number of aryl methyl sites for hydroxylation is 1. The lowest BCUT2D eigenvalue weighted by atomic mass is 9.95. The molecule has 0 spiro atoms. The van der Waals surface area contributed by atoms with Gasteiger partial charge >= 0.3 is 12.1 Å². The third-order valence-electron chi connectivity index (χ3n) is 7.27. The number of hydrogen-bond donors (Lipinski definition) is 0. The minimum atomic E-state index is -4.73. The summed E-state index contributed by atoms with van der Waals surface area (Å²) in [6.07, 6.45) is -2.36. The van der Waals surface area contributed by atoms with Crippen LogP contribution in [-0.2, 0) is 7.05 Å². The average molecular weight is 529 g/mol. The molecule has 0 N–H and O–H groups in total. The molecule has 1 fully saturated rings. The van der Waals surface area contributed by atoms with Gasteiger partial charge in [0.25, 0.3) is 5.82 Å². The lowest BCUT2D eigenvalue weighted by Crippen LogP contribution is -2.59. The molecule has 1 saturated heterocycles. The molecule has 38 heavy (non-hydrogen) atoms. The van der Waals surface area contributed by atoms with E-state index in [-0.39, 0.29) is 35.4 Å². The van der Waals surface area contributed by atoms with Gasteiger partial charge in [-0.15, -0.1) is 18.2 Å². The van der Waals surface area contributed by atoms with Crippen molar-refractivity contribution in [1.29, 1.82) is 0 Å². The van der Waals surface area contributed by atoms with Crippen LogP contribution in [0.5, 0.6) is 5.75 Å². The first kappa shape index (κ1) is 27.4. The van der Waals surface area contributed by atoms with Crippen LogP contribution in [0, 0.1) is 6.57 Å². The molecule has 2 aromatic heterocycles. The van der Waals surface area contributed by atoms with E-state index in [1.54, 1.807) is 31.3 Å². The summed E-state index contributed by atoms with van der Waals surface area (Å²) in [5, 5.41) is 0. The monoisotopic (exact) mass is 528 g/mol. The minimum Gasteiger partial charge on any atom is -0.406 e. The Balaban J connectivity index is 1.69. The van der Waals surface area contributed by atoms with Gasteiger partial charge in [-0.1, -0.05) is 39.5 Å². The smallest absolute Gasteiger partial charge is 0.406 e. The molecule has 0 radical (unpaired) electrons. The van der Waals surface area contributed by atoms with Crippen molar-refractivity contribution in [2.75, 3.05) is 18.0 Å². The molecule has 1 unspecified atom stereocenters. The highest BCUT2D eigenvalue weighted by Gasteiger charge is 2.38. The van der Waals surface area contributed by atoms with Crippen LogP contribution in [0.4, 0.5) is 24.8 Å². The Labute approximate surface area is 219 Å². The number of rotatable bonds is 7. The molecule has 4 rings (SSSR count). The van der Waals surface area contributed by atoms with Crippen molar-refractivity contribution >= 4 is 22.7 Å². The number of halogens is 3. The van der Waals surface area contributed by atoms with Crippen LogP contribution in [0.25, 0.3) is 15.9 Å². The molecule has 3 heterocycles. The highest BCUT2D eigenvalue weighted by molar-refractivity contribution is 5.87. The molecule has 1 aromatic carbocycles. The van der Waals surface area contributed by atoms with Gasteiger partial charge in [0, 0.05) is 38.3 Å². The van der Waals surface area contributed by atoms with E-state index < -0.39 is 6.36 Å². The van der Waals surface area contributed by atoms with Crippen molar-refractivity contribution in [2.45, 2.75) is 64.5 Å². The number of hydrogen-bond acceptors (Lipinski definition) is 6. The van der Waals surface area contributed by atoms with Crippen LogP contribution >= 0.6 is 0 Å². The first-order valence-electron chi connectivity index (χ1n) is 12.7. The zero-order valence-electron chi connectivity index (χ0n) is 21.9. The van der Waals surface area contributed by atoms with E-state index in [9.17, 15) is 18.0 Å². The Bertz CT molecular complexity index is 1380.